The molecule has 0 spiro atoms. The molecule has 4 N–H and O–H groups in total. The van der Waals surface area contributed by atoms with E-state index in [1.165, 1.54) is 0 Å². The minimum absolute atomic E-state index is 0.307. The normalized spacial score (nSPS) is 22.8. The summed E-state index contributed by atoms with van der Waals surface area (Å²) < 4.78 is 0. The molecular formula is C32H42N2O4. The Morgan fingerprint density at radius 1 is 0.684 bits per heavy atom. The van der Waals surface area contributed by atoms with Crippen molar-refractivity contribution in [1.82, 2.24) is 4.90 Å². The number of nitrogens with zero attached hydrogens (tertiary/aromatic N) is 1. The molecule has 0 unspecified atom stereocenters. The van der Waals surface area contributed by atoms with E-state index >= 15 is 0 Å². The average molecular weight is 519 g/mol. The third-order valence-corrected chi connectivity index (χ3v) is 9.72. The quantitative estimate of drug-likeness (QED) is 0.408. The molecule has 204 valence electrons. The van der Waals surface area contributed by atoms with Gasteiger partial charge in [-0.1, -0.05) is 92.8 Å². The van der Waals surface area contributed by atoms with Gasteiger partial charge in [0.2, 0.25) is 11.8 Å². The molecule has 6 heteroatoms. The predicted octanol–water partition coefficient (Wildman–Crippen LogP) is 4.30. The van der Waals surface area contributed by atoms with E-state index in [1.54, 1.807) is 4.90 Å². The number of rotatable bonds is 10. The number of amides is 2. The van der Waals surface area contributed by atoms with Crippen LogP contribution in [0.4, 0.5) is 0 Å². The van der Waals surface area contributed by atoms with Crippen LogP contribution in [0, 0.1) is 5.41 Å². The molecule has 2 aromatic carbocycles. The fourth-order valence-corrected chi connectivity index (χ4v) is 7.25. The van der Waals surface area contributed by atoms with Crippen molar-refractivity contribution in [1.29, 1.82) is 0 Å². The number of primary amides is 1. The van der Waals surface area contributed by atoms with Gasteiger partial charge in [0.25, 0.3) is 0 Å². The Morgan fingerprint density at radius 2 is 1.08 bits per heavy atom. The summed E-state index contributed by atoms with van der Waals surface area (Å²) in [5.74, 6) is -0.897. The number of hydrogen-bond donors (Lipinski definition) is 3. The van der Waals surface area contributed by atoms with Gasteiger partial charge in [-0.2, -0.15) is 0 Å². The lowest BCUT2D eigenvalue weighted by Gasteiger charge is -2.53. The monoisotopic (exact) mass is 518 g/mol. The maximum Gasteiger partial charge on any atom is 0.238 e. The molecule has 2 atom stereocenters. The molecule has 38 heavy (non-hydrogen) atoms. The first-order valence-electron chi connectivity index (χ1n) is 14.4. The highest BCUT2D eigenvalue weighted by Gasteiger charge is 2.58. The van der Waals surface area contributed by atoms with Gasteiger partial charge in [-0.05, 0) is 62.5 Å². The second kappa shape index (κ2) is 10.8. The zero-order chi connectivity index (χ0) is 26.8. The Labute approximate surface area is 226 Å². The molecule has 3 saturated carbocycles. The first kappa shape index (κ1) is 26.9. The van der Waals surface area contributed by atoms with Gasteiger partial charge in [0.15, 0.2) is 0 Å². The van der Waals surface area contributed by atoms with Crippen LogP contribution in [0.3, 0.4) is 0 Å². The minimum Gasteiger partial charge on any atom is -0.388 e. The minimum atomic E-state index is -1.27. The van der Waals surface area contributed by atoms with Crippen LogP contribution in [-0.2, 0) is 22.4 Å². The first-order valence-corrected chi connectivity index (χ1v) is 14.4. The van der Waals surface area contributed by atoms with E-state index in [1.807, 2.05) is 60.7 Å². The van der Waals surface area contributed by atoms with Crippen molar-refractivity contribution in [2.24, 2.45) is 11.1 Å². The summed E-state index contributed by atoms with van der Waals surface area (Å²) in [6.07, 6.45) is 8.44. The average Bonchev–Trinajstić information content (AvgIpc) is 3.53. The van der Waals surface area contributed by atoms with Gasteiger partial charge in [0.1, 0.15) is 5.41 Å². The molecule has 5 rings (SSSR count). The standard InChI is InChI=1S/C32H42N2O4/c33-28(35)30(16-11-17-30)29(36)34(26(31(37)18-7-8-19-31)22-24-12-3-1-4-13-24)27(32(38)20-9-10-21-32)23-25-14-5-2-6-15-25/h1-6,12-15,26-27,37-38H,7-11,16-23H2,(H2,33,35)/t26-,27-/m1/s1. The summed E-state index contributed by atoms with van der Waals surface area (Å²) in [4.78, 5) is 29.4. The zero-order valence-electron chi connectivity index (χ0n) is 22.4. The second-order valence-corrected chi connectivity index (χ2v) is 12.0. The van der Waals surface area contributed by atoms with Gasteiger partial charge < -0.3 is 20.8 Å². The maximum absolute atomic E-state index is 14.8. The Bertz CT molecular complexity index is 1040. The number of hydrogen-bond acceptors (Lipinski definition) is 4. The van der Waals surface area contributed by atoms with Crippen LogP contribution in [-0.4, -0.2) is 50.2 Å². The molecule has 3 aliphatic carbocycles. The highest BCUT2D eigenvalue weighted by molar-refractivity contribution is 6.05. The first-order chi connectivity index (χ1) is 18.3. The number of benzene rings is 2. The van der Waals surface area contributed by atoms with E-state index in [0.29, 0.717) is 51.4 Å². The van der Waals surface area contributed by atoms with Gasteiger partial charge in [-0.15, -0.1) is 0 Å². The SMILES string of the molecule is NC(=O)C1(C(=O)N([C@H](Cc2ccccc2)C2(O)CCCC2)[C@H](Cc2ccccc2)C2(O)CCCC2)CCC1. The maximum atomic E-state index is 14.8. The third kappa shape index (κ3) is 5.01. The Kier molecular flexibility index (Phi) is 7.65. The Morgan fingerprint density at radius 3 is 1.39 bits per heavy atom. The number of carbonyl (C=O) groups excluding carboxylic acids is 2. The van der Waals surface area contributed by atoms with Gasteiger partial charge in [0, 0.05) is 0 Å². The van der Waals surface area contributed by atoms with Crippen molar-refractivity contribution < 1.29 is 19.8 Å². The van der Waals surface area contributed by atoms with Crippen molar-refractivity contribution in [2.75, 3.05) is 0 Å². The van der Waals surface area contributed by atoms with Crippen molar-refractivity contribution in [3.8, 4) is 0 Å². The van der Waals surface area contributed by atoms with Crippen LogP contribution in [0.25, 0.3) is 0 Å². The van der Waals surface area contributed by atoms with Crippen LogP contribution in [0.5, 0.6) is 0 Å². The van der Waals surface area contributed by atoms with Crippen LogP contribution in [0.1, 0.15) is 81.8 Å². The highest BCUT2D eigenvalue weighted by atomic mass is 16.3. The molecule has 0 aliphatic heterocycles. The number of nitrogens with two attached hydrogens (primary N) is 1. The molecule has 0 aromatic heterocycles. The summed E-state index contributed by atoms with van der Waals surface area (Å²) in [5, 5.41) is 24.4. The lowest BCUT2D eigenvalue weighted by Crippen LogP contribution is -2.68. The van der Waals surface area contributed by atoms with Gasteiger partial charge >= 0.3 is 0 Å². The lowest BCUT2D eigenvalue weighted by atomic mass is 9.66. The summed E-state index contributed by atoms with van der Waals surface area (Å²) in [6.45, 7) is 0. The third-order valence-electron chi connectivity index (χ3n) is 9.72. The largest absolute Gasteiger partial charge is 0.388 e. The molecule has 0 radical (unpaired) electrons. The van der Waals surface area contributed by atoms with Crippen molar-refractivity contribution in [2.45, 2.75) is 107 Å². The fraction of sp³-hybridized carbons (Fsp3) is 0.562. The Balaban J connectivity index is 1.66. The summed E-state index contributed by atoms with van der Waals surface area (Å²) >= 11 is 0. The smallest absolute Gasteiger partial charge is 0.238 e. The molecule has 3 aliphatic rings. The zero-order valence-corrected chi connectivity index (χ0v) is 22.4. The van der Waals surface area contributed by atoms with Crippen LogP contribution in [0.15, 0.2) is 60.7 Å². The van der Waals surface area contributed by atoms with Crippen molar-refractivity contribution >= 4 is 11.8 Å². The van der Waals surface area contributed by atoms with E-state index in [-0.39, 0.29) is 5.91 Å². The topological polar surface area (TPSA) is 104 Å². The molecular weight excluding hydrogens is 476 g/mol. The second-order valence-electron chi connectivity index (χ2n) is 12.0. The van der Waals surface area contributed by atoms with E-state index < -0.39 is 34.6 Å². The van der Waals surface area contributed by atoms with Crippen LogP contribution < -0.4 is 5.73 Å². The summed E-state index contributed by atoms with van der Waals surface area (Å²) in [7, 11) is 0. The van der Waals surface area contributed by atoms with E-state index in [4.69, 9.17) is 5.73 Å². The molecule has 0 saturated heterocycles. The van der Waals surface area contributed by atoms with Crippen molar-refractivity contribution in [3.63, 3.8) is 0 Å². The molecule has 2 aromatic rings. The highest BCUT2D eigenvalue weighted by Crippen LogP contribution is 2.48. The molecule has 2 amide bonds. The number of carbonyl (C=O) groups is 2. The van der Waals surface area contributed by atoms with Gasteiger partial charge in [-0.3, -0.25) is 9.59 Å². The van der Waals surface area contributed by atoms with E-state index in [2.05, 4.69) is 0 Å². The molecule has 3 fully saturated rings. The van der Waals surface area contributed by atoms with Crippen LogP contribution in [0.2, 0.25) is 0 Å². The van der Waals surface area contributed by atoms with Gasteiger partial charge in [-0.25, -0.2) is 0 Å². The molecule has 6 nitrogen and oxygen atoms in total. The lowest BCUT2D eigenvalue weighted by molar-refractivity contribution is -0.175. The molecule has 0 heterocycles. The predicted molar refractivity (Wildman–Crippen MR) is 147 cm³/mol. The summed E-state index contributed by atoms with van der Waals surface area (Å²) in [5.41, 5.74) is 4.51. The van der Waals surface area contributed by atoms with Crippen LogP contribution >= 0.6 is 0 Å². The van der Waals surface area contributed by atoms with Gasteiger partial charge in [0.05, 0.1) is 23.3 Å². The fourth-order valence-electron chi connectivity index (χ4n) is 7.25. The molecule has 0 bridgehead atoms. The summed E-state index contributed by atoms with van der Waals surface area (Å²) in [6, 6.07) is 18.8. The number of aliphatic hydroxyl groups is 2. The van der Waals surface area contributed by atoms with E-state index in [0.717, 1.165) is 43.2 Å². The van der Waals surface area contributed by atoms with E-state index in [9.17, 15) is 19.8 Å². The van der Waals surface area contributed by atoms with Crippen molar-refractivity contribution in [3.05, 3.63) is 71.8 Å². The Hall–Kier alpha value is -2.70.